The van der Waals surface area contributed by atoms with E-state index in [2.05, 4.69) is 27.5 Å². The van der Waals surface area contributed by atoms with Gasteiger partial charge in [0.05, 0.1) is 11.1 Å². The summed E-state index contributed by atoms with van der Waals surface area (Å²) in [6.45, 7) is 10.5. The Bertz CT molecular complexity index is 443. The van der Waals surface area contributed by atoms with Gasteiger partial charge in [-0.1, -0.05) is 18.7 Å². The van der Waals surface area contributed by atoms with Crippen LogP contribution in [0.4, 0.5) is 11.6 Å². The van der Waals surface area contributed by atoms with Gasteiger partial charge < -0.3 is 15.7 Å². The van der Waals surface area contributed by atoms with Crippen molar-refractivity contribution in [3.8, 4) is 0 Å². The monoisotopic (exact) mass is 298 g/mol. The zero-order valence-corrected chi connectivity index (χ0v) is 14.1. The highest BCUT2D eigenvalue weighted by Crippen LogP contribution is 2.27. The lowest BCUT2D eigenvalue weighted by molar-refractivity contribution is 0.0238. The number of thioether (sulfide) groups is 1. The summed E-state index contributed by atoms with van der Waals surface area (Å²) in [5.41, 5.74) is -1.37. The van der Waals surface area contributed by atoms with Crippen molar-refractivity contribution < 1.29 is 5.11 Å². The van der Waals surface area contributed by atoms with E-state index in [1.165, 1.54) is 11.8 Å². The van der Waals surface area contributed by atoms with Crippen LogP contribution in [0.2, 0.25) is 0 Å². The molecule has 0 radical (unpaired) electrons. The minimum absolute atomic E-state index is 0.501. The molecule has 6 heteroatoms. The zero-order chi connectivity index (χ0) is 15.4. The predicted molar refractivity (Wildman–Crippen MR) is 86.6 cm³/mol. The fourth-order valence-corrected chi connectivity index (χ4v) is 1.78. The van der Waals surface area contributed by atoms with Crippen molar-refractivity contribution in [1.82, 2.24) is 9.97 Å². The summed E-state index contributed by atoms with van der Waals surface area (Å²) in [7, 11) is 0. The molecule has 0 unspecified atom stereocenters. The second kappa shape index (κ2) is 6.63. The van der Waals surface area contributed by atoms with Crippen LogP contribution in [0.15, 0.2) is 11.2 Å². The lowest BCUT2D eigenvalue weighted by atomic mass is 9.86. The van der Waals surface area contributed by atoms with Crippen molar-refractivity contribution in [1.29, 1.82) is 0 Å². The molecule has 1 rings (SSSR count). The third-order valence-electron chi connectivity index (χ3n) is 3.41. The largest absolute Gasteiger partial charge is 0.388 e. The second-order valence-electron chi connectivity index (χ2n) is 5.86. The maximum absolute atomic E-state index is 10.2. The van der Waals surface area contributed by atoms with Crippen LogP contribution in [-0.4, -0.2) is 39.0 Å². The number of anilines is 2. The summed E-state index contributed by atoms with van der Waals surface area (Å²) in [4.78, 5) is 8.87. The number of aromatic nitrogens is 2. The van der Waals surface area contributed by atoms with Gasteiger partial charge in [0.2, 0.25) is 0 Å². The third-order valence-corrected chi connectivity index (χ3v) is 3.96. The number of rotatable bonds is 7. The van der Waals surface area contributed by atoms with Crippen molar-refractivity contribution in [3.63, 3.8) is 0 Å². The Morgan fingerprint density at radius 2 is 1.80 bits per heavy atom. The predicted octanol–water partition coefficient (Wildman–Crippen LogP) is 2.98. The number of nitrogens with one attached hydrogen (secondary N) is 2. The van der Waals surface area contributed by atoms with E-state index in [9.17, 15) is 5.11 Å². The highest BCUT2D eigenvalue weighted by molar-refractivity contribution is 7.98. The van der Waals surface area contributed by atoms with E-state index < -0.39 is 11.1 Å². The fourth-order valence-electron chi connectivity index (χ4n) is 1.40. The minimum Gasteiger partial charge on any atom is -0.388 e. The van der Waals surface area contributed by atoms with Crippen molar-refractivity contribution >= 4 is 23.4 Å². The summed E-state index contributed by atoms with van der Waals surface area (Å²) in [6, 6.07) is 1.88. The molecular formula is C14H26N4OS. The minimum atomic E-state index is -0.867. The van der Waals surface area contributed by atoms with Gasteiger partial charge in [0, 0.05) is 12.6 Å². The molecular weight excluding hydrogens is 272 g/mol. The molecule has 0 spiro atoms. The summed E-state index contributed by atoms with van der Waals surface area (Å²) in [5, 5.41) is 17.5. The van der Waals surface area contributed by atoms with Crippen LogP contribution in [0.3, 0.4) is 0 Å². The van der Waals surface area contributed by atoms with Crippen LogP contribution in [0, 0.1) is 0 Å². The van der Waals surface area contributed by atoms with Gasteiger partial charge in [0.15, 0.2) is 5.16 Å². The molecule has 20 heavy (non-hydrogen) atoms. The first kappa shape index (κ1) is 17.0. The molecule has 0 saturated heterocycles. The van der Waals surface area contributed by atoms with E-state index >= 15 is 0 Å². The van der Waals surface area contributed by atoms with E-state index in [0.717, 1.165) is 24.6 Å². The standard InChI is InChI=1S/C14H26N4OS/c1-7-8-15-10-9-11(17-12(16-10)20-6)18-13(2,3)14(4,5)19/h9,19H,7-8H2,1-6H3,(H2,15,16,17,18). The van der Waals surface area contributed by atoms with Gasteiger partial charge in [0.25, 0.3) is 0 Å². The molecule has 0 amide bonds. The van der Waals surface area contributed by atoms with E-state index in [1.807, 2.05) is 26.2 Å². The SMILES string of the molecule is CCCNc1cc(NC(C)(C)C(C)(C)O)nc(SC)n1. The first-order valence-electron chi connectivity index (χ1n) is 6.87. The van der Waals surface area contributed by atoms with E-state index in [4.69, 9.17) is 0 Å². The zero-order valence-electron chi connectivity index (χ0n) is 13.2. The van der Waals surface area contributed by atoms with Crippen molar-refractivity contribution in [3.05, 3.63) is 6.07 Å². The van der Waals surface area contributed by atoms with Crippen LogP contribution < -0.4 is 10.6 Å². The highest BCUT2D eigenvalue weighted by atomic mass is 32.2. The Morgan fingerprint density at radius 3 is 2.30 bits per heavy atom. The Kier molecular flexibility index (Phi) is 5.65. The second-order valence-corrected chi connectivity index (χ2v) is 6.63. The summed E-state index contributed by atoms with van der Waals surface area (Å²) >= 11 is 1.50. The molecule has 114 valence electrons. The van der Waals surface area contributed by atoms with Gasteiger partial charge >= 0.3 is 0 Å². The number of hydrogen-bond donors (Lipinski definition) is 3. The van der Waals surface area contributed by atoms with Crippen molar-refractivity contribution in [2.75, 3.05) is 23.4 Å². The van der Waals surface area contributed by atoms with Crippen LogP contribution >= 0.6 is 11.8 Å². The molecule has 0 aromatic carbocycles. The average Bonchev–Trinajstić information content (AvgIpc) is 2.34. The first-order valence-corrected chi connectivity index (χ1v) is 8.09. The number of nitrogens with zero attached hydrogens (tertiary/aromatic N) is 2. The van der Waals surface area contributed by atoms with Gasteiger partial charge in [-0.2, -0.15) is 0 Å². The summed E-state index contributed by atoms with van der Waals surface area (Å²) < 4.78 is 0. The molecule has 0 saturated carbocycles. The molecule has 3 N–H and O–H groups in total. The number of aliphatic hydroxyl groups is 1. The normalized spacial score (nSPS) is 12.3. The summed E-state index contributed by atoms with van der Waals surface area (Å²) in [6.07, 6.45) is 2.99. The quantitative estimate of drug-likeness (QED) is 0.531. The lowest BCUT2D eigenvalue weighted by Gasteiger charge is -2.38. The van der Waals surface area contributed by atoms with Gasteiger partial charge in [-0.15, -0.1) is 0 Å². The Hall–Kier alpha value is -1.01. The molecule has 0 aliphatic carbocycles. The van der Waals surface area contributed by atoms with Gasteiger partial charge in [-0.05, 0) is 40.4 Å². The van der Waals surface area contributed by atoms with Crippen LogP contribution in [-0.2, 0) is 0 Å². The molecule has 5 nitrogen and oxygen atoms in total. The summed E-state index contributed by atoms with van der Waals surface area (Å²) in [5.74, 6) is 1.52. The Morgan fingerprint density at radius 1 is 1.20 bits per heavy atom. The average molecular weight is 298 g/mol. The van der Waals surface area contributed by atoms with Gasteiger partial charge in [-0.25, -0.2) is 9.97 Å². The molecule has 1 aromatic rings. The fraction of sp³-hybridized carbons (Fsp3) is 0.714. The topological polar surface area (TPSA) is 70.1 Å². The first-order chi connectivity index (χ1) is 9.19. The van der Waals surface area contributed by atoms with Gasteiger partial charge in [0.1, 0.15) is 11.6 Å². The smallest absolute Gasteiger partial charge is 0.191 e. The van der Waals surface area contributed by atoms with Crippen LogP contribution in [0.1, 0.15) is 41.0 Å². The Balaban J connectivity index is 2.99. The maximum Gasteiger partial charge on any atom is 0.191 e. The molecule has 1 aromatic heterocycles. The lowest BCUT2D eigenvalue weighted by Crippen LogP contribution is -2.51. The van der Waals surface area contributed by atoms with E-state index in [-0.39, 0.29) is 0 Å². The molecule has 1 heterocycles. The molecule has 0 bridgehead atoms. The highest BCUT2D eigenvalue weighted by Gasteiger charge is 2.35. The van der Waals surface area contributed by atoms with Crippen LogP contribution in [0.5, 0.6) is 0 Å². The van der Waals surface area contributed by atoms with E-state index in [0.29, 0.717) is 5.16 Å². The molecule has 0 fully saturated rings. The van der Waals surface area contributed by atoms with E-state index in [1.54, 1.807) is 13.8 Å². The van der Waals surface area contributed by atoms with Crippen LogP contribution in [0.25, 0.3) is 0 Å². The number of hydrogen-bond acceptors (Lipinski definition) is 6. The van der Waals surface area contributed by atoms with Crippen molar-refractivity contribution in [2.24, 2.45) is 0 Å². The molecule has 0 aliphatic rings. The maximum atomic E-state index is 10.2. The molecule has 0 aliphatic heterocycles. The Labute approximate surface area is 126 Å². The van der Waals surface area contributed by atoms with Gasteiger partial charge in [-0.3, -0.25) is 0 Å². The third kappa shape index (κ3) is 4.52. The van der Waals surface area contributed by atoms with Crippen molar-refractivity contribution in [2.45, 2.75) is 57.3 Å². The molecule has 0 atom stereocenters.